The molecule has 0 N–H and O–H groups in total. The lowest BCUT2D eigenvalue weighted by molar-refractivity contribution is -0.216. The fourth-order valence-corrected chi connectivity index (χ4v) is 2.26. The van der Waals surface area contributed by atoms with E-state index >= 15 is 0 Å². The summed E-state index contributed by atoms with van der Waals surface area (Å²) in [5.74, 6) is -0.318. The highest BCUT2D eigenvalue weighted by Crippen LogP contribution is 2.27. The van der Waals surface area contributed by atoms with Crippen molar-refractivity contribution in [3.8, 4) is 0 Å². The third-order valence-electron chi connectivity index (χ3n) is 3.57. The van der Waals surface area contributed by atoms with Gasteiger partial charge in [-0.3, -0.25) is 0 Å². The molecule has 17 heavy (non-hydrogen) atoms. The number of methoxy groups -OCH3 is 2. The van der Waals surface area contributed by atoms with Gasteiger partial charge in [-0.25, -0.2) is 0 Å². The van der Waals surface area contributed by atoms with Gasteiger partial charge >= 0.3 is 0 Å². The van der Waals surface area contributed by atoms with Gasteiger partial charge in [-0.15, -0.1) is 0 Å². The normalized spacial score (nSPS) is 12.0. The minimum absolute atomic E-state index is 0.318. The summed E-state index contributed by atoms with van der Waals surface area (Å²) >= 11 is 0. The van der Waals surface area contributed by atoms with E-state index in [9.17, 15) is 0 Å². The topological polar surface area (TPSA) is 18.5 Å². The van der Waals surface area contributed by atoms with Crippen LogP contribution in [0.5, 0.6) is 0 Å². The maximum Gasteiger partial charge on any atom is 0.167 e. The van der Waals surface area contributed by atoms with Gasteiger partial charge in [0.05, 0.1) is 0 Å². The number of rotatable bonds is 12. The van der Waals surface area contributed by atoms with Gasteiger partial charge in [0.2, 0.25) is 0 Å². The van der Waals surface area contributed by atoms with Crippen LogP contribution in [0.2, 0.25) is 0 Å². The average molecular weight is 244 g/mol. The third kappa shape index (κ3) is 7.77. The second-order valence-corrected chi connectivity index (χ2v) is 4.94. The Kier molecular flexibility index (Phi) is 11.0. The summed E-state index contributed by atoms with van der Waals surface area (Å²) in [5, 5.41) is 0. The molecular formula is C15H32O2. The van der Waals surface area contributed by atoms with Crippen LogP contribution in [0.3, 0.4) is 0 Å². The first kappa shape index (κ1) is 16.9. The van der Waals surface area contributed by atoms with Crippen molar-refractivity contribution in [2.75, 3.05) is 14.2 Å². The molecular weight excluding hydrogens is 212 g/mol. The second kappa shape index (κ2) is 11.0. The van der Waals surface area contributed by atoms with Gasteiger partial charge in [0.25, 0.3) is 0 Å². The molecule has 0 saturated heterocycles. The molecule has 2 nitrogen and oxygen atoms in total. The lowest BCUT2D eigenvalue weighted by atomic mass is 9.99. The molecule has 0 heterocycles. The van der Waals surface area contributed by atoms with E-state index in [4.69, 9.17) is 9.47 Å². The van der Waals surface area contributed by atoms with Crippen molar-refractivity contribution in [3.05, 3.63) is 0 Å². The Morgan fingerprint density at radius 1 is 0.647 bits per heavy atom. The number of hydrogen-bond donors (Lipinski definition) is 0. The highest BCUT2D eigenvalue weighted by molar-refractivity contribution is 4.69. The number of ether oxygens (including phenoxy) is 2. The molecule has 0 aliphatic rings. The summed E-state index contributed by atoms with van der Waals surface area (Å²) in [4.78, 5) is 0. The highest BCUT2D eigenvalue weighted by Gasteiger charge is 2.27. The molecule has 0 amide bonds. The van der Waals surface area contributed by atoms with Gasteiger partial charge < -0.3 is 9.47 Å². The van der Waals surface area contributed by atoms with Crippen molar-refractivity contribution in [3.63, 3.8) is 0 Å². The first-order chi connectivity index (χ1) is 8.24. The Bertz CT molecular complexity index is 139. The minimum atomic E-state index is -0.318. The molecule has 0 aromatic rings. The summed E-state index contributed by atoms with van der Waals surface area (Å²) in [6.45, 7) is 4.48. The summed E-state index contributed by atoms with van der Waals surface area (Å²) < 4.78 is 11.3. The van der Waals surface area contributed by atoms with Crippen LogP contribution in [0.15, 0.2) is 0 Å². The fourth-order valence-electron chi connectivity index (χ4n) is 2.26. The summed E-state index contributed by atoms with van der Waals surface area (Å²) in [7, 11) is 3.56. The van der Waals surface area contributed by atoms with Gasteiger partial charge in [0.15, 0.2) is 5.79 Å². The van der Waals surface area contributed by atoms with Gasteiger partial charge in [-0.05, 0) is 12.8 Å². The molecule has 0 aliphatic carbocycles. The van der Waals surface area contributed by atoms with E-state index in [2.05, 4.69) is 13.8 Å². The molecule has 0 fully saturated rings. The Balaban J connectivity index is 3.88. The average Bonchev–Trinajstić information content (AvgIpc) is 2.37. The van der Waals surface area contributed by atoms with Crippen LogP contribution in [0.25, 0.3) is 0 Å². The van der Waals surface area contributed by atoms with Gasteiger partial charge in [0.1, 0.15) is 0 Å². The predicted octanol–water partition coefficient (Wildman–Crippen LogP) is 4.92. The van der Waals surface area contributed by atoms with Crippen LogP contribution >= 0.6 is 0 Å². The fraction of sp³-hybridized carbons (Fsp3) is 1.00. The summed E-state index contributed by atoms with van der Waals surface area (Å²) in [6, 6.07) is 0. The molecule has 0 aromatic heterocycles. The molecule has 104 valence electrons. The zero-order valence-electron chi connectivity index (χ0n) is 12.4. The SMILES string of the molecule is CCCCCCC(CCCCCC)(OC)OC. The highest BCUT2D eigenvalue weighted by atomic mass is 16.7. The van der Waals surface area contributed by atoms with Crippen molar-refractivity contribution in [2.24, 2.45) is 0 Å². The molecule has 0 radical (unpaired) electrons. The van der Waals surface area contributed by atoms with Crippen LogP contribution in [0.4, 0.5) is 0 Å². The van der Waals surface area contributed by atoms with Crippen molar-refractivity contribution >= 4 is 0 Å². The molecule has 0 unspecified atom stereocenters. The quantitative estimate of drug-likeness (QED) is 0.358. The summed E-state index contributed by atoms with van der Waals surface area (Å²) in [6.07, 6.45) is 12.3. The maximum atomic E-state index is 5.63. The van der Waals surface area contributed by atoms with Crippen LogP contribution in [0.1, 0.15) is 78.1 Å². The third-order valence-corrected chi connectivity index (χ3v) is 3.57. The molecule has 0 rings (SSSR count). The van der Waals surface area contributed by atoms with Gasteiger partial charge in [-0.1, -0.05) is 52.4 Å². The number of unbranched alkanes of at least 4 members (excludes halogenated alkanes) is 6. The van der Waals surface area contributed by atoms with Crippen LogP contribution in [0, 0.1) is 0 Å². The first-order valence-electron chi connectivity index (χ1n) is 7.35. The monoisotopic (exact) mass is 244 g/mol. The Hall–Kier alpha value is -0.0800. The smallest absolute Gasteiger partial charge is 0.167 e. The molecule has 0 aromatic carbocycles. The van der Waals surface area contributed by atoms with E-state index in [1.54, 1.807) is 14.2 Å². The van der Waals surface area contributed by atoms with E-state index in [-0.39, 0.29) is 5.79 Å². The first-order valence-corrected chi connectivity index (χ1v) is 7.35. The predicted molar refractivity (Wildman–Crippen MR) is 74.3 cm³/mol. The number of hydrogen-bond acceptors (Lipinski definition) is 2. The van der Waals surface area contributed by atoms with Crippen LogP contribution in [-0.2, 0) is 9.47 Å². The van der Waals surface area contributed by atoms with Crippen LogP contribution in [-0.4, -0.2) is 20.0 Å². The van der Waals surface area contributed by atoms with E-state index in [1.807, 2.05) is 0 Å². The van der Waals surface area contributed by atoms with Gasteiger partial charge in [0, 0.05) is 27.1 Å². The standard InChI is InChI=1S/C15H32O2/c1-5-7-9-11-13-15(16-3,17-4)14-12-10-8-6-2/h5-14H2,1-4H3. The lowest BCUT2D eigenvalue weighted by Crippen LogP contribution is -2.33. The summed E-state index contributed by atoms with van der Waals surface area (Å²) in [5.41, 5.74) is 0. The molecule has 2 heteroatoms. The van der Waals surface area contributed by atoms with Crippen molar-refractivity contribution in [2.45, 2.75) is 83.8 Å². The maximum absolute atomic E-state index is 5.63. The van der Waals surface area contributed by atoms with Crippen molar-refractivity contribution in [1.29, 1.82) is 0 Å². The Morgan fingerprint density at radius 3 is 1.35 bits per heavy atom. The van der Waals surface area contributed by atoms with Crippen molar-refractivity contribution < 1.29 is 9.47 Å². The van der Waals surface area contributed by atoms with Crippen LogP contribution < -0.4 is 0 Å². The molecule has 0 bridgehead atoms. The molecule has 0 spiro atoms. The van der Waals surface area contributed by atoms with E-state index in [0.29, 0.717) is 0 Å². The minimum Gasteiger partial charge on any atom is -0.353 e. The van der Waals surface area contributed by atoms with E-state index in [1.165, 1.54) is 51.4 Å². The van der Waals surface area contributed by atoms with Gasteiger partial charge in [-0.2, -0.15) is 0 Å². The Labute approximate surface area is 108 Å². The Morgan fingerprint density at radius 2 is 1.06 bits per heavy atom. The zero-order valence-corrected chi connectivity index (χ0v) is 12.4. The molecule has 0 saturated carbocycles. The largest absolute Gasteiger partial charge is 0.353 e. The lowest BCUT2D eigenvalue weighted by Gasteiger charge is -2.31. The second-order valence-electron chi connectivity index (χ2n) is 4.94. The zero-order chi connectivity index (χ0) is 13.0. The van der Waals surface area contributed by atoms with Crippen molar-refractivity contribution in [1.82, 2.24) is 0 Å². The van der Waals surface area contributed by atoms with E-state index in [0.717, 1.165) is 12.8 Å². The molecule has 0 atom stereocenters. The van der Waals surface area contributed by atoms with E-state index < -0.39 is 0 Å². The molecule has 0 aliphatic heterocycles.